The number of aryl methyl sites for hydroxylation is 1. The summed E-state index contributed by atoms with van der Waals surface area (Å²) < 4.78 is 2.09. The summed E-state index contributed by atoms with van der Waals surface area (Å²) in [6, 6.07) is 2.00. The van der Waals surface area contributed by atoms with Crippen LogP contribution in [0.1, 0.15) is 24.8 Å². The Balaban J connectivity index is 1.96. The zero-order valence-corrected chi connectivity index (χ0v) is 12.2. The van der Waals surface area contributed by atoms with Crippen LogP contribution in [0.25, 0.3) is 11.2 Å². The molecular formula is C14H17N3O2S. The Kier molecular flexibility index (Phi) is 3.65. The van der Waals surface area contributed by atoms with Gasteiger partial charge < -0.3 is 9.67 Å². The first-order valence-corrected chi connectivity index (χ1v) is 7.79. The van der Waals surface area contributed by atoms with Crippen molar-refractivity contribution in [3.8, 4) is 0 Å². The van der Waals surface area contributed by atoms with E-state index in [1.807, 2.05) is 19.2 Å². The van der Waals surface area contributed by atoms with Crippen molar-refractivity contribution in [2.24, 2.45) is 5.92 Å². The van der Waals surface area contributed by atoms with E-state index in [2.05, 4.69) is 14.5 Å². The highest BCUT2D eigenvalue weighted by atomic mass is 32.2. The van der Waals surface area contributed by atoms with E-state index in [4.69, 9.17) is 5.11 Å². The molecule has 2 heterocycles. The third-order valence-corrected chi connectivity index (χ3v) is 4.64. The van der Waals surface area contributed by atoms with E-state index in [1.165, 1.54) is 31.0 Å². The molecule has 1 N–H and O–H groups in total. The van der Waals surface area contributed by atoms with Crippen molar-refractivity contribution in [3.63, 3.8) is 0 Å². The van der Waals surface area contributed by atoms with Gasteiger partial charge in [0, 0.05) is 12.7 Å². The number of hydrogen-bond acceptors (Lipinski definition) is 4. The molecule has 0 unspecified atom stereocenters. The van der Waals surface area contributed by atoms with Gasteiger partial charge in [0.25, 0.3) is 0 Å². The molecule has 0 aliphatic heterocycles. The summed E-state index contributed by atoms with van der Waals surface area (Å²) in [4.78, 5) is 19.8. The van der Waals surface area contributed by atoms with Gasteiger partial charge in [-0.25, -0.2) is 9.97 Å². The standard InChI is InChI=1S/C14H17N3O2S/c1-9-5-11-13(15-6-9)17(7-10-3-2-4-10)14(16-11)20-8-12(18)19/h5-6,10H,2-4,7-8H2,1H3,(H,18,19). The number of aromatic nitrogens is 3. The number of carboxylic acid groups (broad SMARTS) is 1. The highest BCUT2D eigenvalue weighted by Crippen LogP contribution is 2.31. The fourth-order valence-electron chi connectivity index (χ4n) is 2.43. The van der Waals surface area contributed by atoms with E-state index in [1.54, 1.807) is 0 Å². The van der Waals surface area contributed by atoms with Crippen molar-refractivity contribution in [2.75, 3.05) is 5.75 Å². The molecule has 0 bridgehead atoms. The second kappa shape index (κ2) is 5.44. The summed E-state index contributed by atoms with van der Waals surface area (Å²) >= 11 is 1.28. The highest BCUT2D eigenvalue weighted by molar-refractivity contribution is 7.99. The molecule has 0 aromatic carbocycles. The van der Waals surface area contributed by atoms with Crippen molar-refractivity contribution in [1.82, 2.24) is 14.5 Å². The van der Waals surface area contributed by atoms with E-state index in [-0.39, 0.29) is 5.75 Å². The average molecular weight is 291 g/mol. The maximum atomic E-state index is 10.8. The molecule has 6 heteroatoms. The van der Waals surface area contributed by atoms with Crippen LogP contribution in [-0.4, -0.2) is 31.4 Å². The summed E-state index contributed by atoms with van der Waals surface area (Å²) in [7, 11) is 0. The molecule has 3 rings (SSSR count). The number of carbonyl (C=O) groups is 1. The number of pyridine rings is 1. The van der Waals surface area contributed by atoms with Gasteiger partial charge in [-0.1, -0.05) is 18.2 Å². The molecule has 0 saturated heterocycles. The first-order chi connectivity index (χ1) is 9.63. The van der Waals surface area contributed by atoms with Crippen LogP contribution in [0.4, 0.5) is 0 Å². The van der Waals surface area contributed by atoms with Gasteiger partial charge in [-0.3, -0.25) is 4.79 Å². The largest absolute Gasteiger partial charge is 0.481 e. The van der Waals surface area contributed by atoms with Gasteiger partial charge in [-0.05, 0) is 37.3 Å². The van der Waals surface area contributed by atoms with Crippen LogP contribution in [0.15, 0.2) is 17.4 Å². The molecule has 0 amide bonds. The van der Waals surface area contributed by atoms with Gasteiger partial charge in [-0.15, -0.1) is 0 Å². The Morgan fingerprint density at radius 3 is 3.00 bits per heavy atom. The Bertz CT molecular complexity index is 649. The third-order valence-electron chi connectivity index (χ3n) is 3.68. The highest BCUT2D eigenvalue weighted by Gasteiger charge is 2.22. The predicted octanol–water partition coefficient (Wildman–Crippen LogP) is 2.72. The lowest BCUT2D eigenvalue weighted by molar-refractivity contribution is -0.133. The zero-order valence-electron chi connectivity index (χ0n) is 11.4. The Hall–Kier alpha value is -1.56. The Morgan fingerprint density at radius 2 is 2.35 bits per heavy atom. The number of imidazole rings is 1. The van der Waals surface area contributed by atoms with Crippen molar-refractivity contribution in [2.45, 2.75) is 37.9 Å². The molecule has 106 valence electrons. The van der Waals surface area contributed by atoms with Crippen molar-refractivity contribution < 1.29 is 9.90 Å². The molecule has 20 heavy (non-hydrogen) atoms. The molecule has 5 nitrogen and oxygen atoms in total. The van der Waals surface area contributed by atoms with Crippen LogP contribution in [0.5, 0.6) is 0 Å². The van der Waals surface area contributed by atoms with Crippen LogP contribution < -0.4 is 0 Å². The maximum absolute atomic E-state index is 10.8. The van der Waals surface area contributed by atoms with Crippen LogP contribution in [0.2, 0.25) is 0 Å². The quantitative estimate of drug-likeness (QED) is 0.858. The minimum Gasteiger partial charge on any atom is -0.481 e. The van der Waals surface area contributed by atoms with E-state index in [0.29, 0.717) is 5.92 Å². The third kappa shape index (κ3) is 2.65. The number of nitrogens with zero attached hydrogens (tertiary/aromatic N) is 3. The van der Waals surface area contributed by atoms with Gasteiger partial charge in [0.2, 0.25) is 0 Å². The van der Waals surface area contributed by atoms with Gasteiger partial charge in [0.05, 0.1) is 5.75 Å². The van der Waals surface area contributed by atoms with Crippen LogP contribution >= 0.6 is 11.8 Å². The minimum atomic E-state index is -0.818. The molecule has 2 aromatic rings. The molecule has 1 aliphatic rings. The van der Waals surface area contributed by atoms with E-state index in [9.17, 15) is 4.79 Å². The van der Waals surface area contributed by atoms with Crippen LogP contribution in [0.3, 0.4) is 0 Å². The van der Waals surface area contributed by atoms with Gasteiger partial charge >= 0.3 is 5.97 Å². The normalized spacial score (nSPS) is 15.4. The molecular weight excluding hydrogens is 274 g/mol. The first kappa shape index (κ1) is 13.4. The Labute approximate surface area is 121 Å². The number of fused-ring (bicyclic) bond motifs is 1. The fraction of sp³-hybridized carbons (Fsp3) is 0.500. The van der Waals surface area contributed by atoms with Gasteiger partial charge in [-0.2, -0.15) is 0 Å². The molecule has 0 atom stereocenters. The lowest BCUT2D eigenvalue weighted by Crippen LogP contribution is -2.19. The molecule has 0 radical (unpaired) electrons. The van der Waals surface area contributed by atoms with E-state index >= 15 is 0 Å². The van der Waals surface area contributed by atoms with Gasteiger partial charge in [0.1, 0.15) is 5.52 Å². The van der Waals surface area contributed by atoms with Crippen molar-refractivity contribution in [1.29, 1.82) is 0 Å². The average Bonchev–Trinajstić information content (AvgIpc) is 2.68. The number of aliphatic carboxylic acids is 1. The molecule has 1 fully saturated rings. The molecule has 1 saturated carbocycles. The zero-order chi connectivity index (χ0) is 14.1. The fourth-order valence-corrected chi connectivity index (χ4v) is 3.16. The topological polar surface area (TPSA) is 68.0 Å². The lowest BCUT2D eigenvalue weighted by Gasteiger charge is -2.26. The SMILES string of the molecule is Cc1cnc2c(c1)nc(SCC(=O)O)n2CC1CCC1. The first-order valence-electron chi connectivity index (χ1n) is 6.81. The summed E-state index contributed by atoms with van der Waals surface area (Å²) in [5, 5.41) is 9.62. The van der Waals surface area contributed by atoms with E-state index < -0.39 is 5.97 Å². The second-order valence-electron chi connectivity index (χ2n) is 5.34. The maximum Gasteiger partial charge on any atom is 0.313 e. The molecule has 2 aromatic heterocycles. The Morgan fingerprint density at radius 1 is 1.55 bits per heavy atom. The number of hydrogen-bond donors (Lipinski definition) is 1. The number of rotatable bonds is 5. The number of carboxylic acids is 1. The van der Waals surface area contributed by atoms with Crippen molar-refractivity contribution >= 4 is 28.9 Å². The van der Waals surface area contributed by atoms with Crippen molar-refractivity contribution in [3.05, 3.63) is 17.8 Å². The van der Waals surface area contributed by atoms with Crippen LogP contribution in [0, 0.1) is 12.8 Å². The number of thioether (sulfide) groups is 1. The van der Waals surface area contributed by atoms with Crippen LogP contribution in [-0.2, 0) is 11.3 Å². The molecule has 0 spiro atoms. The summed E-state index contributed by atoms with van der Waals surface area (Å²) in [5.74, 6) is -0.103. The van der Waals surface area contributed by atoms with E-state index in [0.717, 1.165) is 28.4 Å². The summed E-state index contributed by atoms with van der Waals surface area (Å²) in [6.45, 7) is 2.88. The predicted molar refractivity (Wildman–Crippen MR) is 78.0 cm³/mol. The summed E-state index contributed by atoms with van der Waals surface area (Å²) in [6.07, 6.45) is 5.62. The molecule has 1 aliphatic carbocycles. The minimum absolute atomic E-state index is 0.0347. The smallest absolute Gasteiger partial charge is 0.313 e. The lowest BCUT2D eigenvalue weighted by atomic mass is 9.85. The second-order valence-corrected chi connectivity index (χ2v) is 6.28. The monoisotopic (exact) mass is 291 g/mol. The van der Waals surface area contributed by atoms with Gasteiger partial charge in [0.15, 0.2) is 10.8 Å². The summed E-state index contributed by atoms with van der Waals surface area (Å²) in [5.41, 5.74) is 2.80.